The Balaban J connectivity index is 1.62. The summed E-state index contributed by atoms with van der Waals surface area (Å²) in [7, 11) is -3.89. The normalized spacial score (nSPS) is 11.4. The Morgan fingerprint density at radius 1 is 1.15 bits per heavy atom. The molecule has 0 aliphatic rings. The molecule has 0 atom stereocenters. The van der Waals surface area contributed by atoms with E-state index >= 15 is 0 Å². The summed E-state index contributed by atoms with van der Waals surface area (Å²) in [6.07, 6.45) is -0.122. The highest BCUT2D eigenvalue weighted by Gasteiger charge is 2.17. The molecule has 0 radical (unpaired) electrons. The molecule has 0 fully saturated rings. The molecule has 2 N–H and O–H groups in total. The molecular formula is C17H17N3O5S. The van der Waals surface area contributed by atoms with Gasteiger partial charge in [-0.1, -0.05) is 17.3 Å². The number of rotatable bonds is 7. The van der Waals surface area contributed by atoms with Crippen LogP contribution in [-0.4, -0.2) is 26.1 Å². The number of aromatic nitrogens is 1. The number of hydrogen-bond donors (Lipinski definition) is 2. The molecule has 26 heavy (non-hydrogen) atoms. The molecule has 1 aromatic heterocycles. The van der Waals surface area contributed by atoms with Gasteiger partial charge in [-0.15, -0.1) is 4.83 Å². The molecule has 0 aliphatic carbocycles. The van der Waals surface area contributed by atoms with Gasteiger partial charge in [-0.2, -0.15) is 0 Å². The summed E-state index contributed by atoms with van der Waals surface area (Å²) in [6.45, 7) is 2.32. The summed E-state index contributed by atoms with van der Waals surface area (Å²) in [5.41, 5.74) is 3.16. The van der Waals surface area contributed by atoms with Crippen molar-refractivity contribution in [2.24, 2.45) is 0 Å². The molecule has 1 heterocycles. The quantitative estimate of drug-likeness (QED) is 0.609. The van der Waals surface area contributed by atoms with Crippen LogP contribution >= 0.6 is 0 Å². The molecule has 3 aromatic rings. The second-order valence-electron chi connectivity index (χ2n) is 5.36. The average Bonchev–Trinajstić information content (AvgIpc) is 3.04. The van der Waals surface area contributed by atoms with Crippen LogP contribution in [0.5, 0.6) is 5.75 Å². The first-order chi connectivity index (χ1) is 12.5. The van der Waals surface area contributed by atoms with E-state index < -0.39 is 15.9 Å². The molecule has 1 amide bonds. The summed E-state index contributed by atoms with van der Waals surface area (Å²) in [6, 6.07) is 13.0. The van der Waals surface area contributed by atoms with Gasteiger partial charge in [0.1, 0.15) is 11.4 Å². The Labute approximate surface area is 150 Å². The Kier molecular flexibility index (Phi) is 5.19. The van der Waals surface area contributed by atoms with Crippen molar-refractivity contribution in [2.75, 3.05) is 6.61 Å². The Morgan fingerprint density at radius 3 is 2.62 bits per heavy atom. The maximum Gasteiger partial charge on any atom is 0.257 e. The topological polar surface area (TPSA) is 111 Å². The van der Waals surface area contributed by atoms with Crippen molar-refractivity contribution in [2.45, 2.75) is 18.2 Å². The zero-order valence-electron chi connectivity index (χ0n) is 13.9. The van der Waals surface area contributed by atoms with E-state index in [1.807, 2.05) is 6.92 Å². The van der Waals surface area contributed by atoms with Gasteiger partial charge in [-0.05, 0) is 43.3 Å². The first kappa shape index (κ1) is 17.9. The Hall–Kier alpha value is -2.91. The number of nitrogens with zero attached hydrogens (tertiary/aromatic N) is 1. The van der Waals surface area contributed by atoms with Gasteiger partial charge in [0.2, 0.25) is 5.91 Å². The lowest BCUT2D eigenvalue weighted by molar-refractivity contribution is -0.121. The van der Waals surface area contributed by atoms with Crippen molar-refractivity contribution in [3.63, 3.8) is 0 Å². The molecule has 0 bridgehead atoms. The minimum atomic E-state index is -3.89. The zero-order chi connectivity index (χ0) is 18.6. The van der Waals surface area contributed by atoms with Gasteiger partial charge in [-0.3, -0.25) is 10.2 Å². The molecule has 9 heteroatoms. The second-order valence-corrected chi connectivity index (χ2v) is 7.04. The summed E-state index contributed by atoms with van der Waals surface area (Å²) in [5.74, 6) is 0.00644. The number of amides is 1. The number of carbonyl (C=O) groups is 1. The Morgan fingerprint density at radius 2 is 1.88 bits per heavy atom. The third-order valence-electron chi connectivity index (χ3n) is 3.55. The number of sulfonamides is 1. The Bertz CT molecular complexity index is 1010. The largest absolute Gasteiger partial charge is 0.494 e. The minimum absolute atomic E-state index is 0.00754. The van der Waals surface area contributed by atoms with Crippen molar-refractivity contribution in [1.29, 1.82) is 0 Å². The third kappa shape index (κ3) is 4.01. The van der Waals surface area contributed by atoms with Gasteiger partial charge < -0.3 is 9.26 Å². The van der Waals surface area contributed by atoms with E-state index in [2.05, 4.69) is 15.4 Å². The predicted octanol–water partition coefficient (Wildman–Crippen LogP) is 1.78. The monoisotopic (exact) mass is 375 g/mol. The van der Waals surface area contributed by atoms with E-state index in [1.54, 1.807) is 36.4 Å². The third-order valence-corrected chi connectivity index (χ3v) is 4.81. The van der Waals surface area contributed by atoms with Gasteiger partial charge >= 0.3 is 0 Å². The highest BCUT2D eigenvalue weighted by Crippen LogP contribution is 2.18. The molecule has 0 spiro atoms. The van der Waals surface area contributed by atoms with Crippen molar-refractivity contribution in [3.8, 4) is 5.75 Å². The lowest BCUT2D eigenvalue weighted by Crippen LogP contribution is -2.42. The molecule has 8 nitrogen and oxygen atoms in total. The minimum Gasteiger partial charge on any atom is -0.494 e. The summed E-state index contributed by atoms with van der Waals surface area (Å²) >= 11 is 0. The van der Waals surface area contributed by atoms with Gasteiger partial charge in [0, 0.05) is 5.39 Å². The SMILES string of the molecule is CCOc1ccc(S(=O)(=O)NNC(=O)Cc2noc3ccccc23)cc1. The van der Waals surface area contributed by atoms with Crippen LogP contribution in [0.3, 0.4) is 0 Å². The molecule has 0 saturated carbocycles. The van der Waals surface area contributed by atoms with Crippen LogP contribution in [0, 0.1) is 0 Å². The average molecular weight is 375 g/mol. The summed E-state index contributed by atoms with van der Waals surface area (Å²) in [4.78, 5) is 14.1. The molecule has 0 unspecified atom stereocenters. The van der Waals surface area contributed by atoms with E-state index in [9.17, 15) is 13.2 Å². The van der Waals surface area contributed by atoms with Crippen LogP contribution in [0.1, 0.15) is 12.6 Å². The van der Waals surface area contributed by atoms with Crippen molar-refractivity contribution >= 4 is 26.9 Å². The van der Waals surface area contributed by atoms with Crippen LogP contribution in [-0.2, 0) is 21.2 Å². The number of fused-ring (bicyclic) bond motifs is 1. The fourth-order valence-electron chi connectivity index (χ4n) is 2.33. The lowest BCUT2D eigenvalue weighted by atomic mass is 10.2. The fourth-order valence-corrected chi connectivity index (χ4v) is 3.19. The van der Waals surface area contributed by atoms with Crippen molar-refractivity contribution in [1.82, 2.24) is 15.4 Å². The van der Waals surface area contributed by atoms with Gasteiger partial charge in [0.15, 0.2) is 5.58 Å². The first-order valence-corrected chi connectivity index (χ1v) is 9.34. The van der Waals surface area contributed by atoms with Gasteiger partial charge in [0.25, 0.3) is 10.0 Å². The van der Waals surface area contributed by atoms with Crippen LogP contribution in [0.25, 0.3) is 11.0 Å². The number of ether oxygens (including phenoxy) is 1. The maximum absolute atomic E-state index is 12.2. The molecule has 136 valence electrons. The standard InChI is InChI=1S/C17H17N3O5S/c1-2-24-12-7-9-13(10-8-12)26(22,23)20-18-17(21)11-15-14-5-3-4-6-16(14)25-19-15/h3-10,20H,2,11H2,1H3,(H,18,21). The number of nitrogens with one attached hydrogen (secondary N) is 2. The second kappa shape index (κ2) is 7.54. The first-order valence-electron chi connectivity index (χ1n) is 7.86. The predicted molar refractivity (Wildman–Crippen MR) is 93.8 cm³/mol. The highest BCUT2D eigenvalue weighted by molar-refractivity contribution is 7.89. The fraction of sp³-hybridized carbons (Fsp3) is 0.176. The van der Waals surface area contributed by atoms with E-state index in [0.717, 1.165) is 0 Å². The van der Waals surface area contributed by atoms with Gasteiger partial charge in [0.05, 0.1) is 17.9 Å². The molecule has 0 saturated heterocycles. The molecular weight excluding hydrogens is 358 g/mol. The van der Waals surface area contributed by atoms with Gasteiger partial charge in [-0.25, -0.2) is 8.42 Å². The van der Waals surface area contributed by atoms with Crippen molar-refractivity contribution < 1.29 is 22.5 Å². The molecule has 3 rings (SSSR count). The smallest absolute Gasteiger partial charge is 0.257 e. The summed E-state index contributed by atoms with van der Waals surface area (Å²) in [5, 5.41) is 4.54. The van der Waals surface area contributed by atoms with Crippen LogP contribution in [0.15, 0.2) is 57.9 Å². The number of para-hydroxylation sites is 1. The maximum atomic E-state index is 12.2. The highest BCUT2D eigenvalue weighted by atomic mass is 32.2. The number of carbonyl (C=O) groups excluding carboxylic acids is 1. The number of hydrogen-bond acceptors (Lipinski definition) is 6. The molecule has 2 aromatic carbocycles. The van der Waals surface area contributed by atoms with E-state index in [-0.39, 0.29) is 11.3 Å². The van der Waals surface area contributed by atoms with Crippen LogP contribution in [0.4, 0.5) is 0 Å². The van der Waals surface area contributed by atoms with Crippen LogP contribution < -0.4 is 15.0 Å². The zero-order valence-corrected chi connectivity index (χ0v) is 14.7. The molecule has 0 aliphatic heterocycles. The van der Waals surface area contributed by atoms with E-state index in [0.29, 0.717) is 29.0 Å². The lowest BCUT2D eigenvalue weighted by Gasteiger charge is -2.09. The van der Waals surface area contributed by atoms with E-state index in [4.69, 9.17) is 9.26 Å². The number of benzene rings is 2. The van der Waals surface area contributed by atoms with E-state index in [1.165, 1.54) is 12.1 Å². The van der Waals surface area contributed by atoms with Crippen molar-refractivity contribution in [3.05, 3.63) is 54.2 Å². The van der Waals surface area contributed by atoms with Crippen LogP contribution in [0.2, 0.25) is 0 Å². The number of hydrazine groups is 1. The summed E-state index contributed by atoms with van der Waals surface area (Å²) < 4.78 is 34.8.